The second-order valence-electron chi connectivity index (χ2n) is 6.69. The maximum atomic E-state index is 12.0. The number of nitrogens with one attached hydrogen (secondary N) is 1. The Morgan fingerprint density at radius 1 is 0.939 bits per heavy atom. The zero-order valence-corrected chi connectivity index (χ0v) is 20.0. The molecule has 0 heterocycles. The molecule has 3 aromatic carbocycles. The summed E-state index contributed by atoms with van der Waals surface area (Å²) in [4.78, 5) is 12.0. The highest BCUT2D eigenvalue weighted by Crippen LogP contribution is 2.31. The first-order valence-electron chi connectivity index (χ1n) is 9.99. The van der Waals surface area contributed by atoms with Gasteiger partial charge in [0.25, 0.3) is 5.91 Å². The summed E-state index contributed by atoms with van der Waals surface area (Å²) in [6, 6.07) is 17.7. The molecule has 0 unspecified atom stereocenters. The number of carbonyl (C=O) groups is 1. The van der Waals surface area contributed by atoms with Crippen LogP contribution in [0.25, 0.3) is 0 Å². The minimum absolute atomic E-state index is 0.247. The van der Waals surface area contributed by atoms with E-state index < -0.39 is 5.91 Å². The van der Waals surface area contributed by atoms with Gasteiger partial charge in [-0.05, 0) is 60.5 Å². The molecule has 6 nitrogen and oxygen atoms in total. The first-order valence-corrected chi connectivity index (χ1v) is 11.1. The number of carbonyl (C=O) groups excluding carboxylic acids is 1. The number of hydrogen-bond donors (Lipinski definition) is 1. The van der Waals surface area contributed by atoms with E-state index >= 15 is 0 Å². The summed E-state index contributed by atoms with van der Waals surface area (Å²) in [6.07, 6.45) is 1.50. The largest absolute Gasteiger partial charge is 0.490 e. The molecule has 0 spiro atoms. The lowest BCUT2D eigenvalue weighted by Gasteiger charge is -2.12. The molecule has 0 fully saturated rings. The Hall–Kier alpha value is -2.93. The van der Waals surface area contributed by atoms with E-state index in [0.717, 1.165) is 11.1 Å². The van der Waals surface area contributed by atoms with Crippen molar-refractivity contribution < 1.29 is 19.0 Å². The lowest BCUT2D eigenvalue weighted by Crippen LogP contribution is -2.24. The van der Waals surface area contributed by atoms with Gasteiger partial charge in [0, 0.05) is 5.02 Å². The van der Waals surface area contributed by atoms with Gasteiger partial charge in [0.05, 0.1) is 17.8 Å². The fourth-order valence-electron chi connectivity index (χ4n) is 2.68. The van der Waals surface area contributed by atoms with E-state index in [0.29, 0.717) is 40.5 Å². The van der Waals surface area contributed by atoms with Gasteiger partial charge in [0.2, 0.25) is 0 Å². The van der Waals surface area contributed by atoms with Crippen LogP contribution < -0.4 is 19.6 Å². The number of amides is 1. The van der Waals surface area contributed by atoms with Crippen molar-refractivity contribution in [2.75, 3.05) is 13.2 Å². The van der Waals surface area contributed by atoms with Gasteiger partial charge in [-0.2, -0.15) is 5.10 Å². The highest BCUT2D eigenvalue weighted by molar-refractivity contribution is 6.42. The van der Waals surface area contributed by atoms with Crippen LogP contribution >= 0.6 is 34.8 Å². The Kier molecular flexibility index (Phi) is 9.24. The van der Waals surface area contributed by atoms with Crippen molar-refractivity contribution in [3.05, 3.63) is 86.9 Å². The molecule has 172 valence electrons. The lowest BCUT2D eigenvalue weighted by molar-refractivity contribution is -0.123. The Morgan fingerprint density at radius 3 is 2.48 bits per heavy atom. The van der Waals surface area contributed by atoms with Crippen molar-refractivity contribution in [2.24, 2.45) is 5.10 Å². The topological polar surface area (TPSA) is 69.2 Å². The normalized spacial score (nSPS) is 10.8. The lowest BCUT2D eigenvalue weighted by atomic mass is 10.2. The first-order chi connectivity index (χ1) is 16.0. The second-order valence-corrected chi connectivity index (χ2v) is 7.91. The summed E-state index contributed by atoms with van der Waals surface area (Å²) < 4.78 is 16.9. The molecule has 0 radical (unpaired) electrons. The SMILES string of the molecule is CCOc1cc(/C=N\NC(=O)COc2cccc(Cl)c2Cl)ccc1OCc1ccc(Cl)cc1. The molecule has 0 bridgehead atoms. The molecule has 33 heavy (non-hydrogen) atoms. The standard InChI is InChI=1S/C24H21Cl3N2O4/c1-2-31-22-12-17(8-11-20(22)32-14-16-6-9-18(25)10-7-16)13-28-29-23(30)15-33-21-5-3-4-19(26)24(21)27/h3-13H,2,14-15H2,1H3,(H,29,30)/b28-13-. The smallest absolute Gasteiger partial charge is 0.277 e. The average molecular weight is 508 g/mol. The molecule has 0 aliphatic carbocycles. The summed E-state index contributed by atoms with van der Waals surface area (Å²) in [7, 11) is 0. The van der Waals surface area contributed by atoms with Crippen molar-refractivity contribution in [3.8, 4) is 17.2 Å². The molecule has 3 rings (SSSR count). The van der Waals surface area contributed by atoms with Crippen LogP contribution in [0.3, 0.4) is 0 Å². The number of benzene rings is 3. The Balaban J connectivity index is 1.56. The Morgan fingerprint density at radius 2 is 1.73 bits per heavy atom. The second kappa shape index (κ2) is 12.3. The van der Waals surface area contributed by atoms with E-state index in [-0.39, 0.29) is 11.6 Å². The maximum absolute atomic E-state index is 12.0. The quantitative estimate of drug-likeness (QED) is 0.264. The third-order valence-corrected chi connectivity index (χ3v) is 5.31. The monoisotopic (exact) mass is 506 g/mol. The molecule has 9 heteroatoms. The van der Waals surface area contributed by atoms with E-state index in [9.17, 15) is 4.79 Å². The van der Waals surface area contributed by atoms with Gasteiger partial charge in [-0.25, -0.2) is 5.43 Å². The zero-order chi connectivity index (χ0) is 23.6. The highest BCUT2D eigenvalue weighted by atomic mass is 35.5. The van der Waals surface area contributed by atoms with Gasteiger partial charge in [-0.3, -0.25) is 4.79 Å². The summed E-state index contributed by atoms with van der Waals surface area (Å²) in [6.45, 7) is 2.46. The molecular weight excluding hydrogens is 487 g/mol. The van der Waals surface area contributed by atoms with Crippen molar-refractivity contribution in [1.29, 1.82) is 0 Å². The number of rotatable bonds is 10. The van der Waals surface area contributed by atoms with E-state index in [4.69, 9.17) is 49.0 Å². The van der Waals surface area contributed by atoms with Crippen molar-refractivity contribution >= 4 is 46.9 Å². The Labute approximate surface area is 207 Å². The van der Waals surface area contributed by atoms with Crippen LogP contribution in [0.4, 0.5) is 0 Å². The minimum Gasteiger partial charge on any atom is -0.490 e. The van der Waals surface area contributed by atoms with E-state index in [2.05, 4.69) is 10.5 Å². The van der Waals surface area contributed by atoms with Crippen LogP contribution in [0.1, 0.15) is 18.1 Å². The Bertz CT molecular complexity index is 1120. The average Bonchev–Trinajstić information content (AvgIpc) is 2.81. The molecule has 0 aliphatic rings. The van der Waals surface area contributed by atoms with Crippen LogP contribution in [-0.4, -0.2) is 25.3 Å². The molecule has 0 aromatic heterocycles. The van der Waals surface area contributed by atoms with E-state index in [1.807, 2.05) is 31.2 Å². The van der Waals surface area contributed by atoms with Crippen molar-refractivity contribution in [2.45, 2.75) is 13.5 Å². The highest BCUT2D eigenvalue weighted by Gasteiger charge is 2.09. The summed E-state index contributed by atoms with van der Waals surface area (Å²) in [5.41, 5.74) is 4.10. The summed E-state index contributed by atoms with van der Waals surface area (Å²) in [5.74, 6) is 1.04. The van der Waals surface area contributed by atoms with Crippen molar-refractivity contribution in [1.82, 2.24) is 5.43 Å². The number of hydrazone groups is 1. The van der Waals surface area contributed by atoms with Gasteiger partial charge in [0.1, 0.15) is 17.4 Å². The van der Waals surface area contributed by atoms with Gasteiger partial charge in [-0.15, -0.1) is 0 Å². The van der Waals surface area contributed by atoms with Gasteiger partial charge >= 0.3 is 0 Å². The first kappa shape index (κ1) is 24.7. The molecule has 0 aliphatic heterocycles. The maximum Gasteiger partial charge on any atom is 0.277 e. The number of halogens is 3. The third kappa shape index (κ3) is 7.56. The van der Waals surface area contributed by atoms with Gasteiger partial charge < -0.3 is 14.2 Å². The third-order valence-electron chi connectivity index (χ3n) is 4.25. The minimum atomic E-state index is -0.449. The molecule has 1 amide bonds. The van der Waals surface area contributed by atoms with Crippen molar-refractivity contribution in [3.63, 3.8) is 0 Å². The molecule has 1 N–H and O–H groups in total. The van der Waals surface area contributed by atoms with E-state index in [1.54, 1.807) is 36.4 Å². The fraction of sp³-hybridized carbons (Fsp3) is 0.167. The van der Waals surface area contributed by atoms with Crippen LogP contribution in [0.5, 0.6) is 17.2 Å². The molecular formula is C24H21Cl3N2O4. The predicted octanol–water partition coefficient (Wildman–Crippen LogP) is 6.15. The van der Waals surface area contributed by atoms with Gasteiger partial charge in [-0.1, -0.05) is 53.0 Å². The number of nitrogens with zero attached hydrogens (tertiary/aromatic N) is 1. The number of hydrogen-bond acceptors (Lipinski definition) is 5. The van der Waals surface area contributed by atoms with Crippen LogP contribution in [0.2, 0.25) is 15.1 Å². The zero-order valence-electron chi connectivity index (χ0n) is 17.7. The van der Waals surface area contributed by atoms with Crippen LogP contribution in [-0.2, 0) is 11.4 Å². The molecule has 0 saturated carbocycles. The molecule has 3 aromatic rings. The summed E-state index contributed by atoms with van der Waals surface area (Å²) in [5, 5.41) is 5.22. The molecule has 0 saturated heterocycles. The van der Waals surface area contributed by atoms with Crippen LogP contribution in [0, 0.1) is 0 Å². The van der Waals surface area contributed by atoms with E-state index in [1.165, 1.54) is 6.21 Å². The fourth-order valence-corrected chi connectivity index (χ4v) is 3.16. The van der Waals surface area contributed by atoms with Crippen LogP contribution in [0.15, 0.2) is 65.8 Å². The molecule has 0 atom stereocenters. The summed E-state index contributed by atoms with van der Waals surface area (Å²) >= 11 is 17.9. The van der Waals surface area contributed by atoms with Gasteiger partial charge in [0.15, 0.2) is 18.1 Å². The number of ether oxygens (including phenoxy) is 3. The predicted molar refractivity (Wildman–Crippen MR) is 131 cm³/mol.